The van der Waals surface area contributed by atoms with E-state index in [2.05, 4.69) is 39.4 Å². The van der Waals surface area contributed by atoms with E-state index in [0.29, 0.717) is 16.1 Å². The standard InChI is InChI=1S/C27H30F3N7O/c1-25(2,3)21-13-18(9-10-31-21)37-22-19(23(38)36(37)15-27(28,29)30)14-32-24(35-22)34-17-6-7-20-16(12-17)8-11-33-26(20,4)5/h6-7,9-10,12-14,33H,8,11,15H2,1-5H3,(H,32,34,35). The number of nitrogens with zero attached hydrogens (tertiary/aromatic N) is 5. The van der Waals surface area contributed by atoms with Crippen LogP contribution in [0.25, 0.3) is 16.7 Å². The highest BCUT2D eigenvalue weighted by molar-refractivity contribution is 5.77. The monoisotopic (exact) mass is 525 g/mol. The molecule has 0 amide bonds. The molecule has 8 nitrogen and oxygen atoms in total. The topological polar surface area (TPSA) is 89.7 Å². The smallest absolute Gasteiger partial charge is 0.324 e. The molecule has 2 N–H and O–H groups in total. The highest BCUT2D eigenvalue weighted by Gasteiger charge is 2.32. The fourth-order valence-electron chi connectivity index (χ4n) is 4.85. The largest absolute Gasteiger partial charge is 0.408 e. The molecule has 0 unspecified atom stereocenters. The van der Waals surface area contributed by atoms with Crippen molar-refractivity contribution in [3.63, 3.8) is 0 Å². The van der Waals surface area contributed by atoms with Gasteiger partial charge in [-0.3, -0.25) is 9.78 Å². The molecule has 3 aromatic heterocycles. The quantitative estimate of drug-likeness (QED) is 0.392. The molecule has 0 saturated heterocycles. The minimum atomic E-state index is -4.61. The predicted molar refractivity (Wildman–Crippen MR) is 140 cm³/mol. The van der Waals surface area contributed by atoms with Gasteiger partial charge in [0.1, 0.15) is 11.9 Å². The first-order valence-electron chi connectivity index (χ1n) is 12.4. The van der Waals surface area contributed by atoms with Crippen molar-refractivity contribution in [2.45, 2.75) is 64.7 Å². The molecule has 1 aliphatic heterocycles. The molecule has 4 aromatic rings. The average molecular weight is 526 g/mol. The van der Waals surface area contributed by atoms with Gasteiger partial charge in [0, 0.05) is 34.7 Å². The Bertz CT molecular complexity index is 1580. The molecule has 0 aliphatic carbocycles. The van der Waals surface area contributed by atoms with Crippen LogP contribution in [0.1, 0.15) is 51.4 Å². The number of aromatic nitrogens is 5. The Hall–Kier alpha value is -3.73. The molecule has 5 rings (SSSR count). The second-order valence-electron chi connectivity index (χ2n) is 11.2. The summed E-state index contributed by atoms with van der Waals surface area (Å²) in [5, 5.41) is 6.65. The fraction of sp³-hybridized carbons (Fsp3) is 0.407. The Balaban J connectivity index is 1.63. The number of nitrogens with one attached hydrogen (secondary N) is 2. The molecule has 0 fully saturated rings. The average Bonchev–Trinajstić information content (AvgIpc) is 3.07. The maximum Gasteiger partial charge on any atom is 0.408 e. The Morgan fingerprint density at radius 1 is 1.11 bits per heavy atom. The predicted octanol–water partition coefficient (Wildman–Crippen LogP) is 4.96. The number of hydrogen-bond acceptors (Lipinski definition) is 6. The van der Waals surface area contributed by atoms with Crippen LogP contribution in [0, 0.1) is 0 Å². The summed E-state index contributed by atoms with van der Waals surface area (Å²) < 4.78 is 42.5. The van der Waals surface area contributed by atoms with Crippen LogP contribution in [0.4, 0.5) is 24.8 Å². The van der Waals surface area contributed by atoms with Crippen molar-refractivity contribution in [2.24, 2.45) is 0 Å². The number of anilines is 2. The van der Waals surface area contributed by atoms with E-state index in [4.69, 9.17) is 0 Å². The Kier molecular flexibility index (Phi) is 6.09. The van der Waals surface area contributed by atoms with Crippen LogP contribution < -0.4 is 16.2 Å². The summed E-state index contributed by atoms with van der Waals surface area (Å²) in [5.74, 6) is 0.175. The first-order valence-corrected chi connectivity index (χ1v) is 12.4. The van der Waals surface area contributed by atoms with E-state index in [1.54, 1.807) is 12.1 Å². The molecule has 4 heterocycles. The number of pyridine rings is 1. The van der Waals surface area contributed by atoms with E-state index in [-0.39, 0.29) is 27.9 Å². The van der Waals surface area contributed by atoms with Gasteiger partial charge in [-0.25, -0.2) is 14.3 Å². The zero-order valence-electron chi connectivity index (χ0n) is 21.9. The summed E-state index contributed by atoms with van der Waals surface area (Å²) in [7, 11) is 0. The first-order chi connectivity index (χ1) is 17.7. The number of alkyl halides is 3. The number of hydrogen-bond donors (Lipinski definition) is 2. The van der Waals surface area contributed by atoms with Crippen molar-refractivity contribution in [3.8, 4) is 5.69 Å². The summed E-state index contributed by atoms with van der Waals surface area (Å²) in [6, 6.07) is 9.24. The Labute approximate surface area is 217 Å². The number of rotatable bonds is 4. The van der Waals surface area contributed by atoms with Crippen molar-refractivity contribution in [2.75, 3.05) is 11.9 Å². The van der Waals surface area contributed by atoms with E-state index in [1.165, 1.54) is 28.2 Å². The lowest BCUT2D eigenvalue weighted by molar-refractivity contribution is -0.144. The van der Waals surface area contributed by atoms with Crippen molar-refractivity contribution in [1.29, 1.82) is 0 Å². The Morgan fingerprint density at radius 3 is 2.58 bits per heavy atom. The normalized spacial score (nSPS) is 15.5. The van der Waals surface area contributed by atoms with E-state index < -0.39 is 18.3 Å². The van der Waals surface area contributed by atoms with Gasteiger partial charge >= 0.3 is 6.18 Å². The molecule has 0 radical (unpaired) electrons. The highest BCUT2D eigenvalue weighted by Crippen LogP contribution is 2.31. The second kappa shape index (κ2) is 8.93. The molecule has 38 heavy (non-hydrogen) atoms. The van der Waals surface area contributed by atoms with Crippen LogP contribution in [-0.4, -0.2) is 37.0 Å². The summed E-state index contributed by atoms with van der Waals surface area (Å²) in [4.78, 5) is 26.2. The third-order valence-corrected chi connectivity index (χ3v) is 6.76. The molecule has 200 valence electrons. The zero-order chi connectivity index (χ0) is 27.5. The van der Waals surface area contributed by atoms with Gasteiger partial charge in [-0.05, 0) is 62.2 Å². The van der Waals surface area contributed by atoms with Crippen LogP contribution in [0.3, 0.4) is 0 Å². The van der Waals surface area contributed by atoms with Gasteiger partial charge in [-0.15, -0.1) is 0 Å². The molecule has 0 spiro atoms. The van der Waals surface area contributed by atoms with Crippen LogP contribution in [-0.2, 0) is 23.9 Å². The molecule has 1 aromatic carbocycles. The molecule has 0 bridgehead atoms. The van der Waals surface area contributed by atoms with Gasteiger partial charge in [0.25, 0.3) is 5.56 Å². The first kappa shape index (κ1) is 25.9. The maximum absolute atomic E-state index is 13.5. The third kappa shape index (κ3) is 4.90. The molecule has 1 aliphatic rings. The lowest BCUT2D eigenvalue weighted by Gasteiger charge is -2.34. The summed E-state index contributed by atoms with van der Waals surface area (Å²) in [5.41, 5.74) is 2.93. The lowest BCUT2D eigenvalue weighted by Crippen LogP contribution is -2.42. The van der Waals surface area contributed by atoms with Crippen molar-refractivity contribution in [3.05, 3.63) is 69.9 Å². The molecule has 0 saturated carbocycles. The summed E-state index contributed by atoms with van der Waals surface area (Å²) >= 11 is 0. The maximum atomic E-state index is 13.5. The van der Waals surface area contributed by atoms with Gasteiger partial charge in [-0.1, -0.05) is 26.8 Å². The number of fused-ring (bicyclic) bond motifs is 2. The van der Waals surface area contributed by atoms with Gasteiger partial charge in [0.15, 0.2) is 5.65 Å². The van der Waals surface area contributed by atoms with Gasteiger partial charge in [-0.2, -0.15) is 18.2 Å². The van der Waals surface area contributed by atoms with Gasteiger partial charge in [0.2, 0.25) is 5.95 Å². The lowest BCUT2D eigenvalue weighted by atomic mass is 9.85. The van der Waals surface area contributed by atoms with Crippen LogP contribution in [0.2, 0.25) is 0 Å². The summed E-state index contributed by atoms with van der Waals surface area (Å²) in [6.07, 6.45) is -0.954. The van der Waals surface area contributed by atoms with E-state index in [0.717, 1.165) is 18.7 Å². The van der Waals surface area contributed by atoms with Crippen molar-refractivity contribution < 1.29 is 13.2 Å². The minimum absolute atomic E-state index is 0.00724. The number of halogens is 3. The van der Waals surface area contributed by atoms with Gasteiger partial charge in [0.05, 0.1) is 5.69 Å². The van der Waals surface area contributed by atoms with Gasteiger partial charge < -0.3 is 10.6 Å². The molecular weight excluding hydrogens is 495 g/mol. The van der Waals surface area contributed by atoms with Crippen LogP contribution >= 0.6 is 0 Å². The SMILES string of the molecule is CC(C)(C)c1cc(-n2c3nc(Nc4ccc5c(c4)CCNC5(C)C)ncc3c(=O)n2CC(F)(F)F)ccn1. The van der Waals surface area contributed by atoms with Crippen LogP contribution in [0.5, 0.6) is 0 Å². The van der Waals surface area contributed by atoms with E-state index in [9.17, 15) is 18.0 Å². The Morgan fingerprint density at radius 2 is 1.87 bits per heavy atom. The van der Waals surface area contributed by atoms with Crippen molar-refractivity contribution >= 4 is 22.7 Å². The fourth-order valence-corrected chi connectivity index (χ4v) is 4.85. The molecular formula is C27H30F3N7O. The second-order valence-corrected chi connectivity index (χ2v) is 11.2. The van der Waals surface area contributed by atoms with E-state index >= 15 is 0 Å². The minimum Gasteiger partial charge on any atom is -0.324 e. The summed E-state index contributed by atoms with van der Waals surface area (Å²) in [6.45, 7) is 9.51. The highest BCUT2D eigenvalue weighted by atomic mass is 19.4. The molecule has 11 heteroatoms. The van der Waals surface area contributed by atoms with Crippen molar-refractivity contribution in [1.82, 2.24) is 29.6 Å². The zero-order valence-corrected chi connectivity index (χ0v) is 21.9. The number of benzene rings is 1. The van der Waals surface area contributed by atoms with Crippen LogP contribution in [0.15, 0.2) is 47.5 Å². The molecule has 0 atom stereocenters. The van der Waals surface area contributed by atoms with E-state index in [1.807, 2.05) is 39.0 Å². The third-order valence-electron chi connectivity index (χ3n) is 6.76.